The summed E-state index contributed by atoms with van der Waals surface area (Å²) in [5.41, 5.74) is 2.39. The van der Waals surface area contributed by atoms with E-state index >= 15 is 0 Å². The summed E-state index contributed by atoms with van der Waals surface area (Å²) >= 11 is 1.43. The Hall–Kier alpha value is -2.16. The summed E-state index contributed by atoms with van der Waals surface area (Å²) in [6.07, 6.45) is 2.92. The molecule has 124 valence electrons. The molecule has 24 heavy (non-hydrogen) atoms. The minimum atomic E-state index is -0.0603. The van der Waals surface area contributed by atoms with Crippen molar-refractivity contribution in [3.05, 3.63) is 57.8 Å². The van der Waals surface area contributed by atoms with E-state index in [1.54, 1.807) is 0 Å². The van der Waals surface area contributed by atoms with Crippen molar-refractivity contribution in [2.24, 2.45) is 0 Å². The number of nitriles is 1. The smallest absolute Gasteiger partial charge is 0.240 e. The van der Waals surface area contributed by atoms with Crippen LogP contribution in [0.25, 0.3) is 0 Å². The zero-order valence-electron chi connectivity index (χ0n) is 13.6. The number of carbonyl (C=O) groups is 1. The topological polar surface area (TPSA) is 56.1 Å². The number of benzene rings is 1. The Morgan fingerprint density at radius 1 is 1.29 bits per heavy atom. The lowest BCUT2D eigenvalue weighted by Crippen LogP contribution is -2.38. The molecule has 2 heterocycles. The summed E-state index contributed by atoms with van der Waals surface area (Å²) < 4.78 is 0. The molecule has 0 radical (unpaired) electrons. The lowest BCUT2D eigenvalue weighted by Gasteiger charge is -2.16. The largest absolute Gasteiger partial charge is 0.337 e. The highest BCUT2D eigenvalue weighted by atomic mass is 32.1. The van der Waals surface area contributed by atoms with E-state index in [0.29, 0.717) is 11.4 Å². The van der Waals surface area contributed by atoms with Crippen molar-refractivity contribution in [2.75, 3.05) is 13.1 Å². The van der Waals surface area contributed by atoms with Gasteiger partial charge < -0.3 is 10.2 Å². The standard InChI is InChI=1S/C19H21N3OS/c20-12-17-11-16(14-24-17)13-22-10-8-18(19(22)23)21-9-4-7-15-5-2-1-3-6-15/h1-3,5-6,11,14,18,21H,4,7-10,13H2/t18-/m0/s1. The van der Waals surface area contributed by atoms with Crippen LogP contribution < -0.4 is 5.32 Å². The molecule has 1 saturated heterocycles. The first kappa shape index (κ1) is 16.7. The third-order valence-corrected chi connectivity index (χ3v) is 5.19. The van der Waals surface area contributed by atoms with Crippen LogP contribution >= 0.6 is 11.3 Å². The highest BCUT2D eigenvalue weighted by Crippen LogP contribution is 2.19. The zero-order chi connectivity index (χ0) is 16.8. The molecule has 0 unspecified atom stereocenters. The Morgan fingerprint density at radius 3 is 2.88 bits per heavy atom. The van der Waals surface area contributed by atoms with Crippen molar-refractivity contribution < 1.29 is 4.79 Å². The molecule has 1 fully saturated rings. The Bertz CT molecular complexity index is 720. The van der Waals surface area contributed by atoms with Gasteiger partial charge in [0.15, 0.2) is 0 Å². The Balaban J connectivity index is 1.42. The average Bonchev–Trinajstić information content (AvgIpc) is 3.21. The SMILES string of the molecule is N#Cc1cc(CN2CC[C@H](NCCCc3ccccc3)C2=O)cs1. The van der Waals surface area contributed by atoms with Crippen LogP contribution in [0.2, 0.25) is 0 Å². The van der Waals surface area contributed by atoms with E-state index in [1.165, 1.54) is 16.9 Å². The Morgan fingerprint density at radius 2 is 2.12 bits per heavy atom. The molecular weight excluding hydrogens is 318 g/mol. The first-order valence-corrected chi connectivity index (χ1v) is 9.18. The zero-order valence-corrected chi connectivity index (χ0v) is 14.4. The number of likely N-dealkylation sites (tertiary alicyclic amines) is 1. The number of aryl methyl sites for hydroxylation is 1. The summed E-state index contributed by atoms with van der Waals surface area (Å²) in [4.78, 5) is 15.0. The third-order valence-electron chi connectivity index (χ3n) is 4.31. The van der Waals surface area contributed by atoms with Gasteiger partial charge in [-0.25, -0.2) is 0 Å². The first-order chi connectivity index (χ1) is 11.8. The normalized spacial score (nSPS) is 17.2. The average molecular weight is 339 g/mol. The van der Waals surface area contributed by atoms with Crippen LogP contribution in [0.1, 0.15) is 28.8 Å². The lowest BCUT2D eigenvalue weighted by molar-refractivity contribution is -0.129. The second-order valence-electron chi connectivity index (χ2n) is 6.08. The monoisotopic (exact) mass is 339 g/mol. The van der Waals surface area contributed by atoms with Crippen LogP contribution in [0.15, 0.2) is 41.8 Å². The number of hydrogen-bond acceptors (Lipinski definition) is 4. The molecule has 0 bridgehead atoms. The molecule has 3 rings (SSSR count). The minimum Gasteiger partial charge on any atom is -0.337 e. The van der Waals surface area contributed by atoms with Gasteiger partial charge in [0.25, 0.3) is 0 Å². The van der Waals surface area contributed by atoms with Gasteiger partial charge in [-0.05, 0) is 48.4 Å². The molecule has 1 aromatic carbocycles. The fourth-order valence-corrected chi connectivity index (χ4v) is 3.73. The number of amides is 1. The van der Waals surface area contributed by atoms with Crippen LogP contribution in [0.5, 0.6) is 0 Å². The molecule has 1 atom stereocenters. The molecule has 0 spiro atoms. The van der Waals surface area contributed by atoms with Crippen LogP contribution in [0.3, 0.4) is 0 Å². The second-order valence-corrected chi connectivity index (χ2v) is 6.99. The van der Waals surface area contributed by atoms with Gasteiger partial charge in [0.2, 0.25) is 5.91 Å². The van der Waals surface area contributed by atoms with Crippen LogP contribution in [-0.4, -0.2) is 29.9 Å². The van der Waals surface area contributed by atoms with Gasteiger partial charge >= 0.3 is 0 Å². The van der Waals surface area contributed by atoms with Gasteiger partial charge in [-0.15, -0.1) is 11.3 Å². The second kappa shape index (κ2) is 8.09. The molecule has 1 aromatic heterocycles. The molecule has 4 nitrogen and oxygen atoms in total. The fraction of sp³-hybridized carbons (Fsp3) is 0.368. The Labute approximate surface area is 146 Å². The summed E-state index contributed by atoms with van der Waals surface area (Å²) in [7, 11) is 0. The molecule has 1 aliphatic heterocycles. The van der Waals surface area contributed by atoms with Crippen LogP contribution in [-0.2, 0) is 17.8 Å². The van der Waals surface area contributed by atoms with Crippen LogP contribution in [0, 0.1) is 11.3 Å². The van der Waals surface area contributed by atoms with E-state index < -0.39 is 0 Å². The highest BCUT2D eigenvalue weighted by Gasteiger charge is 2.30. The fourth-order valence-electron chi connectivity index (χ4n) is 3.04. The Kier molecular flexibility index (Phi) is 5.63. The third kappa shape index (κ3) is 4.22. The molecule has 1 amide bonds. The number of rotatable bonds is 7. The van der Waals surface area contributed by atoms with Gasteiger partial charge in [-0.3, -0.25) is 4.79 Å². The van der Waals surface area contributed by atoms with Crippen molar-refractivity contribution in [2.45, 2.75) is 31.8 Å². The maximum absolute atomic E-state index is 12.5. The summed E-state index contributed by atoms with van der Waals surface area (Å²) in [5.74, 6) is 0.180. The quantitative estimate of drug-likeness (QED) is 0.789. The molecule has 5 heteroatoms. The molecule has 1 aliphatic rings. The van der Waals surface area contributed by atoms with Gasteiger partial charge in [-0.2, -0.15) is 5.26 Å². The van der Waals surface area contributed by atoms with Crippen molar-refractivity contribution in [3.8, 4) is 6.07 Å². The predicted molar refractivity (Wildman–Crippen MR) is 95.6 cm³/mol. The number of thiophene rings is 1. The van der Waals surface area contributed by atoms with Crippen molar-refractivity contribution in [3.63, 3.8) is 0 Å². The van der Waals surface area contributed by atoms with Crippen molar-refractivity contribution in [1.82, 2.24) is 10.2 Å². The number of carbonyl (C=O) groups excluding carboxylic acids is 1. The summed E-state index contributed by atoms with van der Waals surface area (Å²) in [5, 5.41) is 14.2. The van der Waals surface area contributed by atoms with Crippen molar-refractivity contribution >= 4 is 17.2 Å². The minimum absolute atomic E-state index is 0.0603. The molecular formula is C19H21N3OS. The summed E-state index contributed by atoms with van der Waals surface area (Å²) in [6, 6.07) is 14.4. The lowest BCUT2D eigenvalue weighted by atomic mass is 10.1. The maximum atomic E-state index is 12.5. The van der Waals surface area contributed by atoms with Crippen molar-refractivity contribution in [1.29, 1.82) is 5.26 Å². The van der Waals surface area contributed by atoms with E-state index in [-0.39, 0.29) is 11.9 Å². The maximum Gasteiger partial charge on any atom is 0.240 e. The number of nitrogens with zero attached hydrogens (tertiary/aromatic N) is 2. The predicted octanol–water partition coefficient (Wildman–Crippen LogP) is 2.94. The van der Waals surface area contributed by atoms with Gasteiger partial charge in [0, 0.05) is 13.1 Å². The molecule has 2 aromatic rings. The van der Waals surface area contributed by atoms with E-state index in [2.05, 4.69) is 35.7 Å². The van der Waals surface area contributed by atoms with Crippen LogP contribution in [0.4, 0.5) is 0 Å². The van der Waals surface area contributed by atoms with E-state index in [9.17, 15) is 4.79 Å². The molecule has 0 saturated carbocycles. The molecule has 0 aliphatic carbocycles. The van der Waals surface area contributed by atoms with Gasteiger partial charge in [0.05, 0.1) is 6.04 Å². The first-order valence-electron chi connectivity index (χ1n) is 8.30. The highest BCUT2D eigenvalue weighted by molar-refractivity contribution is 7.10. The summed E-state index contributed by atoms with van der Waals surface area (Å²) in [6.45, 7) is 2.25. The van der Waals surface area contributed by atoms with Gasteiger partial charge in [-0.1, -0.05) is 30.3 Å². The van der Waals surface area contributed by atoms with E-state index in [4.69, 9.17) is 5.26 Å². The molecule has 1 N–H and O–H groups in total. The van der Waals surface area contributed by atoms with E-state index in [0.717, 1.165) is 37.9 Å². The van der Waals surface area contributed by atoms with Gasteiger partial charge in [0.1, 0.15) is 10.9 Å². The van der Waals surface area contributed by atoms with E-state index in [1.807, 2.05) is 22.4 Å². The number of hydrogen-bond donors (Lipinski definition) is 1. The number of nitrogens with one attached hydrogen (secondary N) is 1.